The number of hydrogen-bond donors (Lipinski definition) is 9. The third-order valence-electron chi connectivity index (χ3n) is 4.39. The molecule has 4 amide bonds. The van der Waals surface area contributed by atoms with E-state index in [-0.39, 0.29) is 18.9 Å². The van der Waals surface area contributed by atoms with Crippen LogP contribution in [-0.4, -0.2) is 83.1 Å². The minimum atomic E-state index is -1.58. The molecule has 0 saturated carbocycles. The Hall–Kier alpha value is -3.46. The van der Waals surface area contributed by atoms with Crippen LogP contribution in [0.3, 0.4) is 0 Å². The van der Waals surface area contributed by atoms with Crippen molar-refractivity contribution in [3.63, 3.8) is 0 Å². The molecule has 0 spiro atoms. The van der Waals surface area contributed by atoms with E-state index in [1.54, 1.807) is 13.8 Å². The SMILES string of the molecule is CC(C)C(NC(=O)C(CO)NC(=O)C(N)CCCN=C(N)N)C(=O)NC(CC(N)=O)C(=O)O. The van der Waals surface area contributed by atoms with Crippen LogP contribution in [0.1, 0.15) is 33.1 Å². The highest BCUT2D eigenvalue weighted by atomic mass is 16.4. The Labute approximate surface area is 190 Å². The van der Waals surface area contributed by atoms with Crippen molar-refractivity contribution in [2.45, 2.75) is 57.3 Å². The Bertz CT molecular complexity index is 739. The van der Waals surface area contributed by atoms with Gasteiger partial charge in [0.2, 0.25) is 23.6 Å². The van der Waals surface area contributed by atoms with Crippen LogP contribution in [0.25, 0.3) is 0 Å². The molecule has 0 fully saturated rings. The van der Waals surface area contributed by atoms with Gasteiger partial charge in [0.1, 0.15) is 18.1 Å². The number of nitrogens with zero attached hydrogens (tertiary/aromatic N) is 1. The summed E-state index contributed by atoms with van der Waals surface area (Å²) in [5, 5.41) is 25.4. The first-order chi connectivity index (χ1) is 15.3. The van der Waals surface area contributed by atoms with Gasteiger partial charge in [0, 0.05) is 6.54 Å². The van der Waals surface area contributed by atoms with E-state index in [1.165, 1.54) is 0 Å². The number of aliphatic hydroxyl groups excluding tert-OH is 1. The van der Waals surface area contributed by atoms with Crippen molar-refractivity contribution in [3.05, 3.63) is 0 Å². The molecule has 33 heavy (non-hydrogen) atoms. The van der Waals surface area contributed by atoms with E-state index >= 15 is 0 Å². The highest BCUT2D eigenvalue weighted by Gasteiger charge is 2.32. The molecule has 0 saturated heterocycles. The van der Waals surface area contributed by atoms with Gasteiger partial charge >= 0.3 is 5.97 Å². The quantitative estimate of drug-likeness (QED) is 0.0622. The molecule has 0 aliphatic heterocycles. The molecule has 15 heteroatoms. The van der Waals surface area contributed by atoms with Gasteiger partial charge in [-0.1, -0.05) is 13.8 Å². The van der Waals surface area contributed by atoms with Crippen LogP contribution in [0.4, 0.5) is 0 Å². The largest absolute Gasteiger partial charge is 0.480 e. The van der Waals surface area contributed by atoms with Crippen LogP contribution in [-0.2, 0) is 24.0 Å². The Balaban J connectivity index is 5.07. The summed E-state index contributed by atoms with van der Waals surface area (Å²) < 4.78 is 0. The first-order valence-corrected chi connectivity index (χ1v) is 10.1. The van der Waals surface area contributed by atoms with Gasteiger partial charge in [-0.25, -0.2) is 4.79 Å². The molecule has 0 aliphatic rings. The molecule has 0 bridgehead atoms. The zero-order valence-corrected chi connectivity index (χ0v) is 18.6. The molecule has 4 unspecified atom stereocenters. The molecular weight excluding hydrogens is 440 g/mol. The highest BCUT2D eigenvalue weighted by Crippen LogP contribution is 2.05. The standard InChI is InChI=1S/C18H34N8O7/c1-8(2)13(16(31)24-10(17(32)33)6-12(20)28)26-15(30)11(7-27)25-14(29)9(19)4-3-5-23-18(21)22/h8-11,13,27H,3-7,19H2,1-2H3,(H2,20,28)(H,24,31)(H,25,29)(H,26,30)(H,32,33)(H4,21,22,23). The molecule has 0 heterocycles. The summed E-state index contributed by atoms with van der Waals surface area (Å²) in [6, 6.07) is -5.24. The Kier molecular flexibility index (Phi) is 13.0. The Morgan fingerprint density at radius 3 is 1.94 bits per heavy atom. The van der Waals surface area contributed by atoms with Crippen molar-refractivity contribution >= 4 is 35.6 Å². The number of amides is 4. The maximum atomic E-state index is 12.5. The van der Waals surface area contributed by atoms with Crippen molar-refractivity contribution in [3.8, 4) is 0 Å². The number of primary amides is 1. The van der Waals surface area contributed by atoms with Crippen LogP contribution < -0.4 is 38.9 Å². The normalized spacial score (nSPS) is 14.3. The lowest BCUT2D eigenvalue weighted by Gasteiger charge is -2.26. The average Bonchev–Trinajstić information content (AvgIpc) is 2.71. The monoisotopic (exact) mass is 474 g/mol. The van der Waals surface area contributed by atoms with Gasteiger partial charge in [0.15, 0.2) is 5.96 Å². The third-order valence-corrected chi connectivity index (χ3v) is 4.39. The summed E-state index contributed by atoms with van der Waals surface area (Å²) in [4.78, 5) is 63.3. The van der Waals surface area contributed by atoms with Crippen LogP contribution in [0.15, 0.2) is 4.99 Å². The number of hydrogen-bond acceptors (Lipinski definition) is 8. The first kappa shape index (κ1) is 29.5. The summed E-state index contributed by atoms with van der Waals surface area (Å²) in [7, 11) is 0. The summed E-state index contributed by atoms with van der Waals surface area (Å²) in [5.74, 6) is -5.52. The number of guanidine groups is 1. The molecule has 0 aliphatic carbocycles. The molecule has 188 valence electrons. The average molecular weight is 475 g/mol. The second-order valence-electron chi connectivity index (χ2n) is 7.60. The number of aliphatic carboxylic acids is 1. The van der Waals surface area contributed by atoms with Gasteiger partial charge < -0.3 is 49.1 Å². The zero-order valence-electron chi connectivity index (χ0n) is 18.6. The van der Waals surface area contributed by atoms with Crippen molar-refractivity contribution in [1.82, 2.24) is 16.0 Å². The number of rotatable bonds is 15. The molecule has 0 radical (unpaired) electrons. The number of carboxylic acids is 1. The second kappa shape index (κ2) is 14.6. The van der Waals surface area contributed by atoms with Crippen molar-refractivity contribution in [1.29, 1.82) is 0 Å². The topological polar surface area (TPSA) is 278 Å². The van der Waals surface area contributed by atoms with Crippen molar-refractivity contribution in [2.75, 3.05) is 13.2 Å². The van der Waals surface area contributed by atoms with E-state index in [0.717, 1.165) is 0 Å². The smallest absolute Gasteiger partial charge is 0.326 e. The Morgan fingerprint density at radius 1 is 0.909 bits per heavy atom. The van der Waals surface area contributed by atoms with Gasteiger partial charge in [-0.2, -0.15) is 0 Å². The van der Waals surface area contributed by atoms with E-state index in [0.29, 0.717) is 6.42 Å². The highest BCUT2D eigenvalue weighted by molar-refractivity contribution is 5.95. The maximum Gasteiger partial charge on any atom is 0.326 e. The van der Waals surface area contributed by atoms with Gasteiger partial charge in [-0.15, -0.1) is 0 Å². The van der Waals surface area contributed by atoms with Gasteiger partial charge in [-0.05, 0) is 18.8 Å². The number of aliphatic hydroxyl groups is 1. The summed E-state index contributed by atoms with van der Waals surface area (Å²) >= 11 is 0. The minimum Gasteiger partial charge on any atom is -0.480 e. The zero-order chi connectivity index (χ0) is 25.7. The van der Waals surface area contributed by atoms with E-state index < -0.39 is 72.7 Å². The van der Waals surface area contributed by atoms with E-state index in [9.17, 15) is 29.1 Å². The van der Waals surface area contributed by atoms with Gasteiger partial charge in [-0.3, -0.25) is 24.2 Å². The van der Waals surface area contributed by atoms with Crippen LogP contribution in [0.5, 0.6) is 0 Å². The molecule has 4 atom stereocenters. The predicted molar refractivity (Wildman–Crippen MR) is 117 cm³/mol. The van der Waals surface area contributed by atoms with Gasteiger partial charge in [0.05, 0.1) is 19.1 Å². The fourth-order valence-electron chi connectivity index (χ4n) is 2.57. The molecule has 0 rings (SSSR count). The Morgan fingerprint density at radius 2 is 1.48 bits per heavy atom. The second-order valence-corrected chi connectivity index (χ2v) is 7.60. The van der Waals surface area contributed by atoms with Crippen molar-refractivity contribution in [2.24, 2.45) is 33.8 Å². The molecule has 15 nitrogen and oxygen atoms in total. The molecule has 0 aromatic carbocycles. The summed E-state index contributed by atoms with van der Waals surface area (Å²) in [5.41, 5.74) is 21.1. The maximum absolute atomic E-state index is 12.5. The third kappa shape index (κ3) is 11.6. The van der Waals surface area contributed by atoms with Crippen LogP contribution in [0, 0.1) is 5.92 Å². The van der Waals surface area contributed by atoms with Gasteiger partial charge in [0.25, 0.3) is 0 Å². The number of carbonyl (C=O) groups excluding carboxylic acids is 4. The molecular formula is C18H34N8O7. The predicted octanol–water partition coefficient (Wildman–Crippen LogP) is -4.57. The minimum absolute atomic E-state index is 0.0990. The number of carbonyl (C=O) groups is 5. The number of nitrogens with two attached hydrogens (primary N) is 4. The summed E-state index contributed by atoms with van der Waals surface area (Å²) in [6.07, 6.45) is -0.0415. The molecule has 0 aromatic heterocycles. The number of carboxylic acid groups (broad SMARTS) is 1. The van der Waals surface area contributed by atoms with Crippen LogP contribution >= 0.6 is 0 Å². The first-order valence-electron chi connectivity index (χ1n) is 10.1. The van der Waals surface area contributed by atoms with Crippen LogP contribution in [0.2, 0.25) is 0 Å². The molecule has 13 N–H and O–H groups in total. The lowest BCUT2D eigenvalue weighted by Crippen LogP contribution is -2.59. The molecule has 0 aromatic rings. The fraction of sp³-hybridized carbons (Fsp3) is 0.667. The fourth-order valence-corrected chi connectivity index (χ4v) is 2.57. The van der Waals surface area contributed by atoms with E-state index in [4.69, 9.17) is 28.0 Å². The van der Waals surface area contributed by atoms with E-state index in [1.807, 2.05) is 0 Å². The lowest BCUT2D eigenvalue weighted by molar-refractivity contribution is -0.144. The number of nitrogens with one attached hydrogen (secondary N) is 3. The lowest BCUT2D eigenvalue weighted by atomic mass is 10.0. The summed E-state index contributed by atoms with van der Waals surface area (Å²) in [6.45, 7) is 2.62. The van der Waals surface area contributed by atoms with E-state index in [2.05, 4.69) is 20.9 Å². The number of aliphatic imine (C=N–C) groups is 1. The van der Waals surface area contributed by atoms with Crippen molar-refractivity contribution < 1.29 is 34.2 Å².